The fraction of sp³-hybridized carbons (Fsp3) is 0.500. The molecule has 1 N–H and O–H groups in total. The zero-order valence-corrected chi connectivity index (χ0v) is 9.83. The summed E-state index contributed by atoms with van der Waals surface area (Å²) in [5.74, 6) is 0. The van der Waals surface area contributed by atoms with E-state index in [1.807, 2.05) is 31.2 Å². The molecule has 0 aliphatic heterocycles. The Balaban J connectivity index is 2.56. The summed E-state index contributed by atoms with van der Waals surface area (Å²) < 4.78 is 36.5. The summed E-state index contributed by atoms with van der Waals surface area (Å²) in [7, 11) is 1.56. The normalized spacial score (nSPS) is 14.1. The predicted molar refractivity (Wildman–Crippen MR) is 59.6 cm³/mol. The molecule has 96 valence electrons. The second kappa shape index (κ2) is 5.51. The topological polar surface area (TPSA) is 23.5 Å². The molecule has 1 aromatic rings. The smallest absolute Gasteiger partial charge is 0.382 e. The lowest BCUT2D eigenvalue weighted by Crippen LogP contribution is -2.39. The number of aliphatic hydroxyl groups excluding tert-OH is 1. The van der Waals surface area contributed by atoms with Gasteiger partial charge in [-0.2, -0.15) is 13.2 Å². The highest BCUT2D eigenvalue weighted by Gasteiger charge is 2.38. The van der Waals surface area contributed by atoms with Crippen LogP contribution in [0.15, 0.2) is 24.3 Å². The van der Waals surface area contributed by atoms with Gasteiger partial charge in [0.1, 0.15) is 0 Å². The monoisotopic (exact) mass is 247 g/mol. The number of nitrogens with zero attached hydrogens (tertiary/aromatic N) is 1. The first-order valence-corrected chi connectivity index (χ1v) is 5.28. The zero-order valence-electron chi connectivity index (χ0n) is 9.83. The first kappa shape index (κ1) is 14.0. The quantitative estimate of drug-likeness (QED) is 0.882. The van der Waals surface area contributed by atoms with Crippen molar-refractivity contribution in [3.63, 3.8) is 0 Å². The molecule has 0 aliphatic carbocycles. The molecule has 1 rings (SSSR count). The van der Waals surface area contributed by atoms with E-state index in [0.717, 1.165) is 11.1 Å². The Morgan fingerprint density at radius 1 is 1.29 bits per heavy atom. The molecule has 17 heavy (non-hydrogen) atoms. The maximum absolute atomic E-state index is 12.2. The molecule has 0 amide bonds. The van der Waals surface area contributed by atoms with Crippen LogP contribution in [0.3, 0.4) is 0 Å². The molecular formula is C12H16F3NO. The van der Waals surface area contributed by atoms with Crippen LogP contribution in [0.2, 0.25) is 0 Å². The number of aliphatic hydroxyl groups is 1. The average molecular weight is 247 g/mol. The Bertz CT molecular complexity index is 365. The van der Waals surface area contributed by atoms with Gasteiger partial charge in [0.15, 0.2) is 6.10 Å². The minimum atomic E-state index is -4.56. The van der Waals surface area contributed by atoms with Crippen LogP contribution in [0.4, 0.5) is 13.2 Å². The highest BCUT2D eigenvalue weighted by atomic mass is 19.4. The fourth-order valence-electron chi connectivity index (χ4n) is 1.54. The van der Waals surface area contributed by atoms with E-state index in [-0.39, 0.29) is 0 Å². The molecule has 0 radical (unpaired) electrons. The van der Waals surface area contributed by atoms with Crippen LogP contribution in [0.25, 0.3) is 0 Å². The average Bonchev–Trinajstić information content (AvgIpc) is 2.20. The van der Waals surface area contributed by atoms with Crippen molar-refractivity contribution in [3.05, 3.63) is 35.4 Å². The van der Waals surface area contributed by atoms with E-state index in [4.69, 9.17) is 5.11 Å². The van der Waals surface area contributed by atoms with Gasteiger partial charge < -0.3 is 5.11 Å². The van der Waals surface area contributed by atoms with E-state index in [2.05, 4.69) is 0 Å². The molecule has 0 saturated heterocycles. The highest BCUT2D eigenvalue weighted by molar-refractivity contribution is 5.25. The van der Waals surface area contributed by atoms with Crippen molar-refractivity contribution in [3.8, 4) is 0 Å². The fourth-order valence-corrected chi connectivity index (χ4v) is 1.54. The summed E-state index contributed by atoms with van der Waals surface area (Å²) in [5, 5.41) is 8.94. The molecule has 0 bridgehead atoms. The van der Waals surface area contributed by atoms with E-state index >= 15 is 0 Å². The van der Waals surface area contributed by atoms with Crippen LogP contribution in [0.5, 0.6) is 0 Å². The summed E-state index contributed by atoms with van der Waals surface area (Å²) in [6.07, 6.45) is -6.85. The summed E-state index contributed by atoms with van der Waals surface area (Å²) in [6, 6.07) is 7.49. The molecule has 5 heteroatoms. The van der Waals surface area contributed by atoms with Crippen LogP contribution in [-0.4, -0.2) is 35.9 Å². The number of rotatable bonds is 4. The Hall–Kier alpha value is -1.07. The molecule has 2 nitrogen and oxygen atoms in total. The third-order valence-corrected chi connectivity index (χ3v) is 2.56. The van der Waals surface area contributed by atoms with Crippen LogP contribution in [0.1, 0.15) is 11.1 Å². The Morgan fingerprint density at radius 2 is 1.88 bits per heavy atom. The van der Waals surface area contributed by atoms with Crippen molar-refractivity contribution in [1.29, 1.82) is 0 Å². The summed E-state index contributed by atoms with van der Waals surface area (Å²) in [6.45, 7) is 1.88. The Kier molecular flexibility index (Phi) is 4.54. The van der Waals surface area contributed by atoms with E-state index in [0.29, 0.717) is 6.54 Å². The van der Waals surface area contributed by atoms with Crippen molar-refractivity contribution < 1.29 is 18.3 Å². The molecule has 1 unspecified atom stereocenters. The van der Waals surface area contributed by atoms with Gasteiger partial charge in [-0.25, -0.2) is 0 Å². The number of likely N-dealkylation sites (N-methyl/N-ethyl adjacent to an activating group) is 1. The Labute approximate surface area is 98.7 Å². The van der Waals surface area contributed by atoms with Gasteiger partial charge in [-0.05, 0) is 25.1 Å². The lowest BCUT2D eigenvalue weighted by molar-refractivity contribution is -0.207. The standard InChI is InChI=1S/C12H16F3NO/c1-9-5-3-4-6-10(9)7-16(2)8-11(17)12(13,14)15/h3-6,11,17H,7-8H2,1-2H3. The number of benzene rings is 1. The van der Waals surface area contributed by atoms with Crippen molar-refractivity contribution in [2.24, 2.45) is 0 Å². The minimum absolute atomic E-state index is 0.389. The van der Waals surface area contributed by atoms with Gasteiger partial charge in [-0.15, -0.1) is 0 Å². The number of hydrogen-bond donors (Lipinski definition) is 1. The van der Waals surface area contributed by atoms with Crippen LogP contribution in [-0.2, 0) is 6.54 Å². The van der Waals surface area contributed by atoms with Gasteiger partial charge in [-0.3, -0.25) is 4.90 Å². The van der Waals surface area contributed by atoms with Gasteiger partial charge in [0.05, 0.1) is 0 Å². The Morgan fingerprint density at radius 3 is 2.41 bits per heavy atom. The number of hydrogen-bond acceptors (Lipinski definition) is 2. The van der Waals surface area contributed by atoms with Crippen LogP contribution < -0.4 is 0 Å². The van der Waals surface area contributed by atoms with Gasteiger partial charge >= 0.3 is 6.18 Å². The van der Waals surface area contributed by atoms with Gasteiger partial charge in [0.25, 0.3) is 0 Å². The molecule has 1 atom stereocenters. The van der Waals surface area contributed by atoms with Crippen molar-refractivity contribution in [2.45, 2.75) is 25.7 Å². The maximum atomic E-state index is 12.2. The molecule has 0 heterocycles. The summed E-state index contributed by atoms with van der Waals surface area (Å²) >= 11 is 0. The van der Waals surface area contributed by atoms with Crippen molar-refractivity contribution >= 4 is 0 Å². The molecule has 1 aromatic carbocycles. The molecular weight excluding hydrogens is 231 g/mol. The second-order valence-electron chi connectivity index (χ2n) is 4.18. The van der Waals surface area contributed by atoms with Gasteiger partial charge in [-0.1, -0.05) is 24.3 Å². The largest absolute Gasteiger partial charge is 0.415 e. The van der Waals surface area contributed by atoms with E-state index < -0.39 is 18.8 Å². The van der Waals surface area contributed by atoms with Crippen LogP contribution in [0, 0.1) is 6.92 Å². The summed E-state index contributed by atoms with van der Waals surface area (Å²) in [4.78, 5) is 1.46. The van der Waals surface area contributed by atoms with E-state index in [9.17, 15) is 13.2 Å². The molecule has 0 spiro atoms. The number of alkyl halides is 3. The lowest BCUT2D eigenvalue weighted by atomic mass is 10.1. The first-order chi connectivity index (χ1) is 7.80. The molecule has 0 aliphatic rings. The molecule has 0 saturated carbocycles. The minimum Gasteiger partial charge on any atom is -0.382 e. The van der Waals surface area contributed by atoms with Gasteiger partial charge in [0, 0.05) is 13.1 Å². The van der Waals surface area contributed by atoms with Crippen molar-refractivity contribution in [2.75, 3.05) is 13.6 Å². The van der Waals surface area contributed by atoms with Crippen LogP contribution >= 0.6 is 0 Å². The molecule has 0 fully saturated rings. The predicted octanol–water partition coefficient (Wildman–Crippen LogP) is 2.35. The SMILES string of the molecule is Cc1ccccc1CN(C)CC(O)C(F)(F)F. The highest BCUT2D eigenvalue weighted by Crippen LogP contribution is 2.21. The van der Waals surface area contributed by atoms with E-state index in [1.165, 1.54) is 4.90 Å². The third kappa shape index (κ3) is 4.36. The lowest BCUT2D eigenvalue weighted by Gasteiger charge is -2.22. The zero-order chi connectivity index (χ0) is 13.1. The summed E-state index contributed by atoms with van der Waals surface area (Å²) in [5.41, 5.74) is 1.99. The third-order valence-electron chi connectivity index (χ3n) is 2.56. The van der Waals surface area contributed by atoms with Crippen molar-refractivity contribution in [1.82, 2.24) is 4.90 Å². The maximum Gasteiger partial charge on any atom is 0.415 e. The number of halogens is 3. The first-order valence-electron chi connectivity index (χ1n) is 5.28. The second-order valence-corrected chi connectivity index (χ2v) is 4.18. The molecule has 0 aromatic heterocycles. The van der Waals surface area contributed by atoms with Gasteiger partial charge in [0.2, 0.25) is 0 Å². The number of aryl methyl sites for hydroxylation is 1. The van der Waals surface area contributed by atoms with E-state index in [1.54, 1.807) is 7.05 Å².